The molecule has 0 saturated heterocycles. The summed E-state index contributed by atoms with van der Waals surface area (Å²) < 4.78 is 9.49. The molecule has 0 saturated carbocycles. The highest BCUT2D eigenvalue weighted by molar-refractivity contribution is 5.91. The Morgan fingerprint density at radius 3 is 1.53 bits per heavy atom. The Kier molecular flexibility index (Phi) is 9.86. The van der Waals surface area contributed by atoms with Crippen molar-refractivity contribution in [2.45, 2.75) is 79.1 Å². The molecule has 186 valence electrons. The summed E-state index contributed by atoms with van der Waals surface area (Å²) in [6.07, 6.45) is 0. The van der Waals surface area contributed by atoms with Crippen LogP contribution in [-0.2, 0) is 20.3 Å². The van der Waals surface area contributed by atoms with Gasteiger partial charge in [0.1, 0.15) is 0 Å². The Morgan fingerprint density at radius 1 is 0.765 bits per heavy atom. The van der Waals surface area contributed by atoms with Crippen molar-refractivity contribution in [1.82, 2.24) is 0 Å². The molecule has 0 aliphatic carbocycles. The maximum atomic E-state index is 11.5. The lowest BCUT2D eigenvalue weighted by Gasteiger charge is -2.25. The zero-order valence-corrected chi connectivity index (χ0v) is 22.9. The highest BCUT2D eigenvalue weighted by atomic mass is 16.5. The van der Waals surface area contributed by atoms with Gasteiger partial charge in [-0.3, -0.25) is 0 Å². The van der Waals surface area contributed by atoms with E-state index in [0.717, 1.165) is 11.1 Å². The molecule has 0 spiro atoms. The molecule has 4 nitrogen and oxygen atoms in total. The molecule has 0 bridgehead atoms. The first-order valence-electron chi connectivity index (χ1n) is 11.7. The molecule has 2 aromatic carbocycles. The molecule has 34 heavy (non-hydrogen) atoms. The summed E-state index contributed by atoms with van der Waals surface area (Å²) in [5.41, 5.74) is 7.01. The Bertz CT molecular complexity index is 1030. The van der Waals surface area contributed by atoms with Gasteiger partial charge in [0.05, 0.1) is 25.3 Å². The lowest BCUT2D eigenvalue weighted by molar-refractivity contribution is 0.0591. The van der Waals surface area contributed by atoms with E-state index in [4.69, 9.17) is 9.47 Å². The smallest absolute Gasteiger partial charge is 0.337 e. The topological polar surface area (TPSA) is 52.6 Å². The maximum absolute atomic E-state index is 11.5. The van der Waals surface area contributed by atoms with E-state index in [1.54, 1.807) is 6.07 Å². The molecule has 0 radical (unpaired) electrons. The van der Waals surface area contributed by atoms with Crippen LogP contribution < -0.4 is 0 Å². The zero-order chi connectivity index (χ0) is 26.4. The van der Waals surface area contributed by atoms with Gasteiger partial charge >= 0.3 is 11.9 Å². The summed E-state index contributed by atoms with van der Waals surface area (Å²) in [7, 11) is 2.80. The van der Waals surface area contributed by atoms with E-state index in [-0.39, 0.29) is 22.8 Å². The molecule has 0 aromatic heterocycles. The van der Waals surface area contributed by atoms with E-state index in [1.807, 2.05) is 37.3 Å². The summed E-state index contributed by atoms with van der Waals surface area (Å²) in [6, 6.07) is 11.5. The fraction of sp³-hybridized carbons (Fsp3) is 0.467. The molecule has 0 atom stereocenters. The number of ether oxygens (including phenoxy) is 2. The first-order chi connectivity index (χ1) is 15.5. The van der Waals surface area contributed by atoms with Crippen molar-refractivity contribution < 1.29 is 19.1 Å². The quantitative estimate of drug-likeness (QED) is 0.433. The molecule has 2 rings (SSSR count). The van der Waals surface area contributed by atoms with Crippen LogP contribution in [0.15, 0.2) is 43.0 Å². The van der Waals surface area contributed by atoms with Gasteiger partial charge in [-0.05, 0) is 70.2 Å². The van der Waals surface area contributed by atoms with E-state index < -0.39 is 0 Å². The van der Waals surface area contributed by atoms with Crippen LogP contribution in [0.5, 0.6) is 0 Å². The van der Waals surface area contributed by atoms with Crippen LogP contribution in [-0.4, -0.2) is 26.2 Å². The van der Waals surface area contributed by atoms with Crippen LogP contribution in [0.25, 0.3) is 5.57 Å². The fourth-order valence-corrected chi connectivity index (χ4v) is 3.76. The van der Waals surface area contributed by atoms with Crippen molar-refractivity contribution in [3.63, 3.8) is 0 Å². The van der Waals surface area contributed by atoms with Crippen molar-refractivity contribution in [2.75, 3.05) is 14.2 Å². The molecule has 0 heterocycles. The minimum atomic E-state index is -0.312. The molecule has 0 aliphatic heterocycles. The molecule has 2 aromatic rings. The summed E-state index contributed by atoms with van der Waals surface area (Å²) >= 11 is 0. The standard InChI is InChI=1S/C15H22O2.C15H20O2/c2*1-10(2)12-9-11(14(16)17-6)7-8-13(12)15(3,4)5/h7-10H,1-6H3;7-9H,1H2,2-6H3. The number of carbonyl (C=O) groups excluding carboxylic acids is 2. The van der Waals surface area contributed by atoms with Gasteiger partial charge in [-0.2, -0.15) is 0 Å². The van der Waals surface area contributed by atoms with Crippen LogP contribution in [0, 0.1) is 0 Å². The number of allylic oxidation sites excluding steroid dienone is 1. The zero-order valence-electron chi connectivity index (χ0n) is 22.9. The molecule has 0 aliphatic rings. The largest absolute Gasteiger partial charge is 0.465 e. The summed E-state index contributed by atoms with van der Waals surface area (Å²) in [5, 5.41) is 0. The second-order valence-corrected chi connectivity index (χ2v) is 11.0. The highest BCUT2D eigenvalue weighted by Gasteiger charge is 2.21. The first kappa shape index (κ1) is 29.2. The number of carbonyl (C=O) groups is 2. The monoisotopic (exact) mass is 466 g/mol. The second kappa shape index (κ2) is 11.5. The van der Waals surface area contributed by atoms with Crippen molar-refractivity contribution in [1.29, 1.82) is 0 Å². The van der Waals surface area contributed by atoms with Gasteiger partial charge in [0.25, 0.3) is 0 Å². The number of rotatable bonds is 4. The van der Waals surface area contributed by atoms with Crippen LogP contribution in [0.3, 0.4) is 0 Å². The predicted octanol–water partition coefficient (Wildman–Crippen LogP) is 7.70. The Hall–Kier alpha value is -2.88. The number of esters is 2. The van der Waals surface area contributed by atoms with Gasteiger partial charge in [0, 0.05) is 0 Å². The second-order valence-electron chi connectivity index (χ2n) is 11.0. The van der Waals surface area contributed by atoms with Crippen molar-refractivity contribution in [3.05, 3.63) is 76.4 Å². The van der Waals surface area contributed by atoms with Gasteiger partial charge in [-0.25, -0.2) is 9.59 Å². The van der Waals surface area contributed by atoms with Crippen LogP contribution in [0.1, 0.15) is 111 Å². The van der Waals surface area contributed by atoms with Crippen LogP contribution >= 0.6 is 0 Å². The highest BCUT2D eigenvalue weighted by Crippen LogP contribution is 2.32. The average Bonchev–Trinajstić information content (AvgIpc) is 2.76. The minimum Gasteiger partial charge on any atom is -0.465 e. The molecule has 4 heteroatoms. The minimum absolute atomic E-state index is 0.0307. The van der Waals surface area contributed by atoms with Gasteiger partial charge in [0.15, 0.2) is 0 Å². The lowest BCUT2D eigenvalue weighted by Crippen LogP contribution is -2.16. The van der Waals surface area contributed by atoms with E-state index in [1.165, 1.54) is 30.9 Å². The van der Waals surface area contributed by atoms with Gasteiger partial charge < -0.3 is 9.47 Å². The molecule has 0 amide bonds. The first-order valence-corrected chi connectivity index (χ1v) is 11.7. The summed E-state index contributed by atoms with van der Waals surface area (Å²) in [5.74, 6) is -0.186. The average molecular weight is 467 g/mol. The Labute approximate surface area is 206 Å². The number of hydrogen-bond donors (Lipinski definition) is 0. The van der Waals surface area contributed by atoms with Gasteiger partial charge in [-0.15, -0.1) is 0 Å². The predicted molar refractivity (Wildman–Crippen MR) is 142 cm³/mol. The Morgan fingerprint density at radius 2 is 1.18 bits per heavy atom. The fourth-order valence-electron chi connectivity index (χ4n) is 3.76. The number of methoxy groups -OCH3 is 2. The van der Waals surface area contributed by atoms with Crippen LogP contribution in [0.2, 0.25) is 0 Å². The van der Waals surface area contributed by atoms with Crippen molar-refractivity contribution in [3.8, 4) is 0 Å². The third-order valence-electron chi connectivity index (χ3n) is 5.61. The molecule has 0 fully saturated rings. The van der Waals surface area contributed by atoms with E-state index >= 15 is 0 Å². The number of hydrogen-bond acceptors (Lipinski definition) is 4. The molecule has 0 N–H and O–H groups in total. The Balaban J connectivity index is 0.000000340. The van der Waals surface area contributed by atoms with Crippen molar-refractivity contribution in [2.24, 2.45) is 0 Å². The third kappa shape index (κ3) is 7.58. The molecular weight excluding hydrogens is 424 g/mol. The summed E-state index contributed by atoms with van der Waals surface area (Å²) in [4.78, 5) is 23.0. The third-order valence-corrected chi connectivity index (χ3v) is 5.61. The summed E-state index contributed by atoms with van der Waals surface area (Å²) in [6.45, 7) is 23.2. The van der Waals surface area contributed by atoms with E-state index in [9.17, 15) is 9.59 Å². The normalized spacial score (nSPS) is 11.4. The lowest BCUT2D eigenvalue weighted by atomic mass is 9.80. The SMILES string of the molecule is C=C(C)c1cc(C(=O)OC)ccc1C(C)(C)C.COC(=O)c1ccc(C(C)(C)C)c(C(C)C)c1. The van der Waals surface area contributed by atoms with Crippen molar-refractivity contribution >= 4 is 17.5 Å². The maximum Gasteiger partial charge on any atom is 0.337 e. The van der Waals surface area contributed by atoms with Gasteiger partial charge in [0.2, 0.25) is 0 Å². The van der Waals surface area contributed by atoms with E-state index in [2.05, 4.69) is 62.0 Å². The number of benzene rings is 2. The molecule has 0 unspecified atom stereocenters. The van der Waals surface area contributed by atoms with E-state index in [0.29, 0.717) is 17.0 Å². The van der Waals surface area contributed by atoms with Crippen LogP contribution in [0.4, 0.5) is 0 Å². The van der Waals surface area contributed by atoms with Gasteiger partial charge in [-0.1, -0.05) is 79.7 Å². The molecular formula is C30H42O4.